The molecule has 5 aromatic rings. The SMILES string of the molecule is CCn1c2ccccc2c2cc(/C=N\N(c3ccccc3)c3ccccc3)ccc21. The van der Waals surface area contributed by atoms with Crippen molar-refractivity contribution in [3.05, 3.63) is 109 Å². The molecular weight excluding hydrogens is 366 g/mol. The molecule has 146 valence electrons. The van der Waals surface area contributed by atoms with Crippen LogP contribution in [0.5, 0.6) is 0 Å². The second kappa shape index (κ2) is 7.88. The maximum absolute atomic E-state index is 4.85. The number of anilines is 2. The van der Waals surface area contributed by atoms with Gasteiger partial charge in [0, 0.05) is 28.4 Å². The van der Waals surface area contributed by atoms with Gasteiger partial charge in [0.1, 0.15) is 0 Å². The fourth-order valence-corrected chi connectivity index (χ4v) is 4.04. The van der Waals surface area contributed by atoms with E-state index in [1.807, 2.05) is 47.6 Å². The summed E-state index contributed by atoms with van der Waals surface area (Å²) in [6.07, 6.45) is 1.94. The highest BCUT2D eigenvalue weighted by molar-refractivity contribution is 6.09. The lowest BCUT2D eigenvalue weighted by Crippen LogP contribution is -2.09. The minimum absolute atomic E-state index is 0.952. The highest BCUT2D eigenvalue weighted by Crippen LogP contribution is 2.30. The molecule has 0 saturated carbocycles. The van der Waals surface area contributed by atoms with Gasteiger partial charge in [0.2, 0.25) is 0 Å². The van der Waals surface area contributed by atoms with Crippen LogP contribution in [-0.2, 0) is 6.54 Å². The van der Waals surface area contributed by atoms with Gasteiger partial charge in [-0.25, -0.2) is 5.01 Å². The first-order chi connectivity index (χ1) is 14.8. The maximum atomic E-state index is 4.85. The lowest BCUT2D eigenvalue weighted by molar-refractivity contribution is 0.827. The molecule has 0 amide bonds. The normalized spacial score (nSPS) is 11.5. The van der Waals surface area contributed by atoms with E-state index in [1.54, 1.807) is 0 Å². The summed E-state index contributed by atoms with van der Waals surface area (Å²) >= 11 is 0. The summed E-state index contributed by atoms with van der Waals surface area (Å²) in [6, 6.07) is 35.7. The Morgan fingerprint density at radius 3 is 1.97 bits per heavy atom. The summed E-state index contributed by atoms with van der Waals surface area (Å²) in [4.78, 5) is 0. The van der Waals surface area contributed by atoms with E-state index in [0.717, 1.165) is 23.5 Å². The largest absolute Gasteiger partial charge is 0.341 e. The first-order valence-electron chi connectivity index (χ1n) is 10.3. The minimum Gasteiger partial charge on any atom is -0.341 e. The summed E-state index contributed by atoms with van der Waals surface area (Å²) < 4.78 is 2.37. The predicted molar refractivity (Wildman–Crippen MR) is 128 cm³/mol. The molecule has 3 nitrogen and oxygen atoms in total. The Hall–Kier alpha value is -3.85. The van der Waals surface area contributed by atoms with E-state index in [2.05, 4.69) is 78.2 Å². The van der Waals surface area contributed by atoms with E-state index < -0.39 is 0 Å². The van der Waals surface area contributed by atoms with Gasteiger partial charge in [-0.1, -0.05) is 60.7 Å². The molecule has 1 heterocycles. The molecule has 0 atom stereocenters. The molecule has 0 fully saturated rings. The van der Waals surface area contributed by atoms with Crippen LogP contribution in [0, 0.1) is 0 Å². The standard InChI is InChI=1S/C27H23N3/c1-2-29-26-16-10-9-15-24(26)25-19-21(17-18-27(25)29)20-28-30(22-11-5-3-6-12-22)23-13-7-4-8-14-23/h3-20H,2H2,1H3/b28-20-. The molecule has 0 aliphatic rings. The molecule has 0 saturated heterocycles. The summed E-state index contributed by atoms with van der Waals surface area (Å²) in [5.41, 5.74) is 5.68. The van der Waals surface area contributed by atoms with Crippen molar-refractivity contribution in [2.24, 2.45) is 5.10 Å². The van der Waals surface area contributed by atoms with Gasteiger partial charge >= 0.3 is 0 Å². The Morgan fingerprint density at radius 1 is 0.700 bits per heavy atom. The Kier molecular flexibility index (Phi) is 4.78. The Balaban J connectivity index is 1.59. The van der Waals surface area contributed by atoms with Crippen LogP contribution in [0.2, 0.25) is 0 Å². The molecule has 0 bridgehead atoms. The first-order valence-corrected chi connectivity index (χ1v) is 10.3. The quantitative estimate of drug-likeness (QED) is 0.234. The van der Waals surface area contributed by atoms with Crippen molar-refractivity contribution in [2.75, 3.05) is 5.01 Å². The molecule has 0 radical (unpaired) electrons. The van der Waals surface area contributed by atoms with E-state index >= 15 is 0 Å². The van der Waals surface area contributed by atoms with E-state index in [1.165, 1.54) is 21.8 Å². The van der Waals surface area contributed by atoms with Crippen molar-refractivity contribution < 1.29 is 0 Å². The molecular formula is C27H23N3. The maximum Gasteiger partial charge on any atom is 0.0652 e. The summed E-state index contributed by atoms with van der Waals surface area (Å²) in [7, 11) is 0. The number of nitrogens with zero attached hydrogens (tertiary/aromatic N) is 3. The number of hydrogen-bond donors (Lipinski definition) is 0. The average molecular weight is 390 g/mol. The molecule has 0 aliphatic heterocycles. The molecule has 0 spiro atoms. The van der Waals surface area contributed by atoms with E-state index in [9.17, 15) is 0 Å². The molecule has 4 aromatic carbocycles. The number of hydrazone groups is 1. The molecule has 0 unspecified atom stereocenters. The number of para-hydroxylation sites is 3. The van der Waals surface area contributed by atoms with Gasteiger partial charge in [0.15, 0.2) is 0 Å². The van der Waals surface area contributed by atoms with Crippen molar-refractivity contribution in [1.82, 2.24) is 4.57 Å². The number of aromatic nitrogens is 1. The van der Waals surface area contributed by atoms with Crippen LogP contribution in [0.4, 0.5) is 11.4 Å². The molecule has 0 N–H and O–H groups in total. The van der Waals surface area contributed by atoms with Gasteiger partial charge in [0.25, 0.3) is 0 Å². The van der Waals surface area contributed by atoms with Gasteiger partial charge in [-0.15, -0.1) is 0 Å². The minimum atomic E-state index is 0.952. The summed E-state index contributed by atoms with van der Waals surface area (Å²) in [5.74, 6) is 0. The lowest BCUT2D eigenvalue weighted by atomic mass is 10.1. The van der Waals surface area contributed by atoms with Gasteiger partial charge < -0.3 is 4.57 Å². The number of benzene rings is 4. The van der Waals surface area contributed by atoms with Gasteiger partial charge in [-0.05, 0) is 55.0 Å². The number of aryl methyl sites for hydroxylation is 1. The van der Waals surface area contributed by atoms with Crippen molar-refractivity contribution in [3.63, 3.8) is 0 Å². The highest BCUT2D eigenvalue weighted by Gasteiger charge is 2.10. The van der Waals surface area contributed by atoms with E-state index in [0.29, 0.717) is 0 Å². The van der Waals surface area contributed by atoms with Crippen molar-refractivity contribution in [2.45, 2.75) is 13.5 Å². The Bertz CT molecular complexity index is 1280. The van der Waals surface area contributed by atoms with Crippen LogP contribution in [0.3, 0.4) is 0 Å². The van der Waals surface area contributed by atoms with Crippen LogP contribution >= 0.6 is 0 Å². The molecule has 30 heavy (non-hydrogen) atoms. The number of rotatable bonds is 5. The van der Waals surface area contributed by atoms with Gasteiger partial charge in [0.05, 0.1) is 17.6 Å². The molecule has 3 heteroatoms. The highest BCUT2D eigenvalue weighted by atomic mass is 15.5. The summed E-state index contributed by atoms with van der Waals surface area (Å²) in [6.45, 7) is 3.14. The van der Waals surface area contributed by atoms with E-state index in [-0.39, 0.29) is 0 Å². The van der Waals surface area contributed by atoms with Crippen molar-refractivity contribution in [3.8, 4) is 0 Å². The fraction of sp³-hybridized carbons (Fsp3) is 0.0741. The fourth-order valence-electron chi connectivity index (χ4n) is 4.04. The predicted octanol–water partition coefficient (Wildman–Crippen LogP) is 6.99. The monoisotopic (exact) mass is 389 g/mol. The van der Waals surface area contributed by atoms with Gasteiger partial charge in [-0.3, -0.25) is 0 Å². The smallest absolute Gasteiger partial charge is 0.0652 e. The van der Waals surface area contributed by atoms with Crippen LogP contribution in [0.15, 0.2) is 108 Å². The van der Waals surface area contributed by atoms with Gasteiger partial charge in [-0.2, -0.15) is 5.10 Å². The van der Waals surface area contributed by atoms with Crippen LogP contribution in [0.25, 0.3) is 21.8 Å². The van der Waals surface area contributed by atoms with Crippen LogP contribution < -0.4 is 5.01 Å². The Labute approximate surface area is 176 Å². The number of fused-ring (bicyclic) bond motifs is 3. The topological polar surface area (TPSA) is 20.5 Å². The van der Waals surface area contributed by atoms with Crippen LogP contribution in [0.1, 0.15) is 12.5 Å². The lowest BCUT2D eigenvalue weighted by Gasteiger charge is -2.19. The zero-order valence-corrected chi connectivity index (χ0v) is 16.9. The average Bonchev–Trinajstić information content (AvgIpc) is 3.14. The van der Waals surface area contributed by atoms with Crippen molar-refractivity contribution >= 4 is 39.4 Å². The molecule has 1 aromatic heterocycles. The zero-order valence-electron chi connectivity index (χ0n) is 16.9. The first kappa shape index (κ1) is 18.2. The Morgan fingerprint density at radius 2 is 1.30 bits per heavy atom. The van der Waals surface area contributed by atoms with Crippen molar-refractivity contribution in [1.29, 1.82) is 0 Å². The van der Waals surface area contributed by atoms with E-state index in [4.69, 9.17) is 5.10 Å². The second-order valence-corrected chi connectivity index (χ2v) is 7.27. The third-order valence-electron chi connectivity index (χ3n) is 5.44. The third-order valence-corrected chi connectivity index (χ3v) is 5.44. The van der Waals surface area contributed by atoms with Crippen LogP contribution in [-0.4, -0.2) is 10.8 Å². The second-order valence-electron chi connectivity index (χ2n) is 7.27. The third kappa shape index (κ3) is 3.25. The molecule has 5 rings (SSSR count). The summed E-state index contributed by atoms with van der Waals surface area (Å²) in [5, 5.41) is 9.37. The zero-order chi connectivity index (χ0) is 20.3. The molecule has 0 aliphatic carbocycles. The number of hydrogen-bond acceptors (Lipinski definition) is 2.